The first-order valence-corrected chi connectivity index (χ1v) is 3.53. The molecule has 0 aliphatic heterocycles. The quantitative estimate of drug-likeness (QED) is 0.367. The first-order chi connectivity index (χ1) is 3.55. The number of nitrogens with two attached hydrogens (primary N) is 2. The minimum atomic E-state index is -1.60. The van der Waals surface area contributed by atoms with Crippen LogP contribution in [0.15, 0.2) is 0 Å². The van der Waals surface area contributed by atoms with Crippen molar-refractivity contribution in [2.75, 3.05) is 0 Å². The first kappa shape index (κ1) is 8.09. The van der Waals surface area contributed by atoms with E-state index in [4.69, 9.17) is 11.5 Å². The molecular formula is C2H4N2OS3. The van der Waals surface area contributed by atoms with Crippen molar-refractivity contribution in [3.63, 3.8) is 0 Å². The van der Waals surface area contributed by atoms with Crippen molar-refractivity contribution in [1.29, 1.82) is 0 Å². The average Bonchev–Trinajstić information content (AvgIpc) is 1.64. The van der Waals surface area contributed by atoms with Crippen molar-refractivity contribution in [2.24, 2.45) is 11.5 Å². The van der Waals surface area contributed by atoms with E-state index in [0.29, 0.717) is 0 Å². The molecule has 4 N–H and O–H groups in total. The summed E-state index contributed by atoms with van der Waals surface area (Å²) in [7, 11) is 0. The van der Waals surface area contributed by atoms with Crippen LogP contribution in [0.1, 0.15) is 0 Å². The van der Waals surface area contributed by atoms with Gasteiger partial charge in [0.15, 0.2) is 0 Å². The van der Waals surface area contributed by atoms with Gasteiger partial charge < -0.3 is 16.0 Å². The third kappa shape index (κ3) is 2.41. The van der Waals surface area contributed by atoms with Crippen LogP contribution in [0.3, 0.4) is 0 Å². The molecule has 46 valence electrons. The standard InChI is InChI=1S/C2H4N2OS3/c3-1(6)8(5)2(4)7/h(H2,3,6)(H2,4,7). The predicted molar refractivity (Wildman–Crippen MR) is 41.7 cm³/mol. The summed E-state index contributed by atoms with van der Waals surface area (Å²) < 4.78 is 10.1. The molecule has 0 rings (SSSR count). The molecule has 0 aromatic rings. The lowest BCUT2D eigenvalue weighted by molar-refractivity contribution is 0.616. The van der Waals surface area contributed by atoms with E-state index in [1.807, 2.05) is 0 Å². The summed E-state index contributed by atoms with van der Waals surface area (Å²) in [6, 6.07) is 0. The van der Waals surface area contributed by atoms with Crippen molar-refractivity contribution in [2.45, 2.75) is 0 Å². The van der Waals surface area contributed by atoms with E-state index in [0.717, 1.165) is 0 Å². The lowest BCUT2D eigenvalue weighted by Crippen LogP contribution is -2.32. The molecule has 0 radical (unpaired) electrons. The molecule has 0 amide bonds. The minimum Gasteiger partial charge on any atom is -0.603 e. The topological polar surface area (TPSA) is 75.1 Å². The number of rotatable bonds is 0. The summed E-state index contributed by atoms with van der Waals surface area (Å²) in [6.45, 7) is 0. The Hall–Kier alpha value is 0.0900. The lowest BCUT2D eigenvalue weighted by atomic mass is 11.5. The smallest absolute Gasteiger partial charge is 0.291 e. The molecule has 0 spiro atoms. The van der Waals surface area contributed by atoms with Gasteiger partial charge in [-0.15, -0.1) is 0 Å². The fourth-order valence-electron chi connectivity index (χ4n) is 0.0991. The van der Waals surface area contributed by atoms with E-state index in [1.54, 1.807) is 0 Å². The summed E-state index contributed by atoms with van der Waals surface area (Å²) in [4.78, 5) is 0. The molecule has 6 heteroatoms. The van der Waals surface area contributed by atoms with Gasteiger partial charge in [0.25, 0.3) is 8.64 Å². The summed E-state index contributed by atoms with van der Waals surface area (Å²) in [6.07, 6.45) is 0. The Balaban J connectivity index is 3.83. The monoisotopic (exact) mass is 168 g/mol. The van der Waals surface area contributed by atoms with Crippen LogP contribution in [-0.2, 0) is 11.2 Å². The Morgan fingerprint density at radius 3 is 1.50 bits per heavy atom. The van der Waals surface area contributed by atoms with Gasteiger partial charge in [-0.25, -0.2) is 0 Å². The zero-order chi connectivity index (χ0) is 6.73. The predicted octanol–water partition coefficient (Wildman–Crippen LogP) is -0.778. The fraction of sp³-hybridized carbons (Fsp3) is 0. The molecule has 0 aromatic carbocycles. The van der Waals surface area contributed by atoms with Crippen LogP contribution < -0.4 is 11.5 Å². The molecule has 0 fully saturated rings. The van der Waals surface area contributed by atoms with Crippen LogP contribution in [0.2, 0.25) is 0 Å². The van der Waals surface area contributed by atoms with Gasteiger partial charge in [0, 0.05) is 0 Å². The highest BCUT2D eigenvalue weighted by Crippen LogP contribution is 1.88. The second-order valence-electron chi connectivity index (χ2n) is 0.907. The van der Waals surface area contributed by atoms with E-state index in [-0.39, 0.29) is 8.64 Å². The summed E-state index contributed by atoms with van der Waals surface area (Å²) in [5, 5.41) is 0. The van der Waals surface area contributed by atoms with Crippen LogP contribution in [0.25, 0.3) is 0 Å². The largest absolute Gasteiger partial charge is 0.603 e. The Bertz CT molecular complexity index is 110. The van der Waals surface area contributed by atoms with E-state index in [9.17, 15) is 4.55 Å². The van der Waals surface area contributed by atoms with Crippen LogP contribution >= 0.6 is 24.4 Å². The maximum absolute atomic E-state index is 10.4. The van der Waals surface area contributed by atoms with E-state index in [2.05, 4.69) is 24.4 Å². The Labute approximate surface area is 60.6 Å². The highest BCUT2D eigenvalue weighted by atomic mass is 32.2. The molecule has 0 aliphatic rings. The highest BCUT2D eigenvalue weighted by Gasteiger charge is 2.13. The van der Waals surface area contributed by atoms with Crippen LogP contribution in [0.5, 0.6) is 0 Å². The molecule has 0 unspecified atom stereocenters. The van der Waals surface area contributed by atoms with E-state index >= 15 is 0 Å². The van der Waals surface area contributed by atoms with Crippen molar-refractivity contribution in [3.8, 4) is 0 Å². The Morgan fingerprint density at radius 1 is 1.25 bits per heavy atom. The molecular weight excluding hydrogens is 164 g/mol. The maximum Gasteiger partial charge on any atom is 0.291 e. The van der Waals surface area contributed by atoms with Gasteiger partial charge in [0.2, 0.25) is 0 Å². The second-order valence-corrected chi connectivity index (χ2v) is 3.72. The molecule has 0 saturated carbocycles. The van der Waals surface area contributed by atoms with Gasteiger partial charge in [-0.05, 0) is 24.4 Å². The highest BCUT2D eigenvalue weighted by molar-refractivity contribution is 8.32. The molecule has 8 heavy (non-hydrogen) atoms. The average molecular weight is 168 g/mol. The molecule has 3 nitrogen and oxygen atoms in total. The minimum absolute atomic E-state index is 0.169. The van der Waals surface area contributed by atoms with Gasteiger partial charge in [0.05, 0.1) is 11.2 Å². The third-order valence-corrected chi connectivity index (χ3v) is 2.00. The van der Waals surface area contributed by atoms with Crippen molar-refractivity contribution in [3.05, 3.63) is 0 Å². The van der Waals surface area contributed by atoms with Gasteiger partial charge in [0.1, 0.15) is 0 Å². The molecule has 0 heterocycles. The van der Waals surface area contributed by atoms with Crippen LogP contribution in [0, 0.1) is 0 Å². The second kappa shape index (κ2) is 3.18. The first-order valence-electron chi connectivity index (χ1n) is 1.56. The Kier molecular flexibility index (Phi) is 3.22. The number of thiocarbonyl (C=S) groups is 2. The molecule has 0 saturated heterocycles. The SMILES string of the molecule is NC(=S)[S+]([O-])C(N)=S. The lowest BCUT2D eigenvalue weighted by Gasteiger charge is -2.01. The molecule has 0 aromatic heterocycles. The van der Waals surface area contributed by atoms with Crippen molar-refractivity contribution < 1.29 is 4.55 Å². The van der Waals surface area contributed by atoms with E-state index in [1.165, 1.54) is 0 Å². The summed E-state index contributed by atoms with van der Waals surface area (Å²) in [5.41, 5.74) is 9.80. The molecule has 0 atom stereocenters. The zero-order valence-electron chi connectivity index (χ0n) is 3.79. The van der Waals surface area contributed by atoms with Crippen molar-refractivity contribution in [1.82, 2.24) is 0 Å². The van der Waals surface area contributed by atoms with Gasteiger partial charge in [-0.1, -0.05) is 0 Å². The van der Waals surface area contributed by atoms with Crippen molar-refractivity contribution >= 4 is 44.3 Å². The van der Waals surface area contributed by atoms with Crippen LogP contribution in [-0.4, -0.2) is 13.2 Å². The van der Waals surface area contributed by atoms with E-state index < -0.39 is 11.2 Å². The van der Waals surface area contributed by atoms with Gasteiger partial charge in [-0.3, -0.25) is 0 Å². The third-order valence-electron chi connectivity index (χ3n) is 0.365. The molecule has 0 aliphatic carbocycles. The fourth-order valence-corrected chi connectivity index (χ4v) is 0.994. The Morgan fingerprint density at radius 2 is 1.50 bits per heavy atom. The maximum atomic E-state index is 10.4. The molecule has 0 bridgehead atoms. The zero-order valence-corrected chi connectivity index (χ0v) is 6.24. The summed E-state index contributed by atoms with van der Waals surface area (Å²) >= 11 is 7.00. The number of hydrogen-bond acceptors (Lipinski definition) is 3. The van der Waals surface area contributed by atoms with Gasteiger partial charge in [-0.2, -0.15) is 0 Å². The number of hydrogen-bond donors (Lipinski definition) is 2. The normalized spacial score (nSPS) is 9.25. The van der Waals surface area contributed by atoms with Crippen LogP contribution in [0.4, 0.5) is 0 Å². The summed E-state index contributed by atoms with van der Waals surface area (Å²) in [5.74, 6) is 0. The van der Waals surface area contributed by atoms with Gasteiger partial charge >= 0.3 is 0 Å².